The van der Waals surface area contributed by atoms with Crippen LogP contribution in [0.15, 0.2) is 10.8 Å². The van der Waals surface area contributed by atoms with Crippen molar-refractivity contribution in [3.8, 4) is 0 Å². The third kappa shape index (κ3) is 2.01. The highest BCUT2D eigenvalue weighted by Crippen LogP contribution is 2.19. The second-order valence-electron chi connectivity index (χ2n) is 3.75. The molecule has 4 heteroatoms. The van der Waals surface area contributed by atoms with Crippen LogP contribution in [0.2, 0.25) is 0 Å². The van der Waals surface area contributed by atoms with Crippen molar-refractivity contribution in [3.63, 3.8) is 0 Å². The smallest absolute Gasteiger partial charge is 0.123 e. The number of hydrogen-bond acceptors (Lipinski definition) is 2. The molecule has 0 saturated heterocycles. The molecule has 0 radical (unpaired) electrons. The van der Waals surface area contributed by atoms with E-state index in [0.29, 0.717) is 0 Å². The van der Waals surface area contributed by atoms with Gasteiger partial charge < -0.3 is 9.88 Å². The number of nitrogens with one attached hydrogen (secondary N) is 1. The van der Waals surface area contributed by atoms with Gasteiger partial charge in [-0.25, -0.2) is 4.98 Å². The predicted octanol–water partition coefficient (Wildman–Crippen LogP) is 2.31. The fourth-order valence-corrected chi connectivity index (χ4v) is 2.27. The number of nitrogens with zero attached hydrogens (tertiary/aromatic N) is 2. The Labute approximate surface area is 93.0 Å². The summed E-state index contributed by atoms with van der Waals surface area (Å²) in [6.45, 7) is 4.01. The second-order valence-corrected chi connectivity index (χ2v) is 4.56. The minimum atomic E-state index is 0.732. The average molecular weight is 258 g/mol. The van der Waals surface area contributed by atoms with E-state index in [9.17, 15) is 0 Å². The number of aromatic nitrogens is 2. The lowest BCUT2D eigenvalue weighted by atomic mass is 9.93. The Kier molecular flexibility index (Phi) is 3.23. The van der Waals surface area contributed by atoms with Crippen molar-refractivity contribution in [2.24, 2.45) is 0 Å². The Bertz CT molecular complexity index is 304. The number of halogens is 1. The molecule has 1 heterocycles. The highest BCUT2D eigenvalue weighted by atomic mass is 79.9. The topological polar surface area (TPSA) is 29.9 Å². The lowest BCUT2D eigenvalue weighted by Crippen LogP contribution is -2.35. The van der Waals surface area contributed by atoms with Gasteiger partial charge >= 0.3 is 0 Å². The summed E-state index contributed by atoms with van der Waals surface area (Å²) in [5, 5.41) is 3.52. The van der Waals surface area contributed by atoms with Crippen LogP contribution >= 0.6 is 15.9 Å². The van der Waals surface area contributed by atoms with Crippen LogP contribution in [0.25, 0.3) is 0 Å². The van der Waals surface area contributed by atoms with Crippen LogP contribution in [-0.2, 0) is 13.1 Å². The van der Waals surface area contributed by atoms with Gasteiger partial charge in [-0.1, -0.05) is 6.42 Å². The van der Waals surface area contributed by atoms with Crippen LogP contribution < -0.4 is 5.32 Å². The third-order valence-electron chi connectivity index (χ3n) is 2.86. The van der Waals surface area contributed by atoms with E-state index in [4.69, 9.17) is 0 Å². The molecule has 0 spiro atoms. The van der Waals surface area contributed by atoms with Crippen molar-refractivity contribution >= 4 is 15.9 Å². The van der Waals surface area contributed by atoms with Crippen molar-refractivity contribution in [2.75, 3.05) is 0 Å². The maximum Gasteiger partial charge on any atom is 0.123 e. The Hall–Kier alpha value is -0.350. The van der Waals surface area contributed by atoms with Gasteiger partial charge in [0.15, 0.2) is 0 Å². The van der Waals surface area contributed by atoms with Gasteiger partial charge in [-0.3, -0.25) is 0 Å². The van der Waals surface area contributed by atoms with Gasteiger partial charge in [-0.05, 0) is 35.7 Å². The molecule has 1 aliphatic rings. The molecule has 3 nitrogen and oxygen atoms in total. The molecule has 78 valence electrons. The summed E-state index contributed by atoms with van der Waals surface area (Å²) in [4.78, 5) is 4.37. The molecular weight excluding hydrogens is 242 g/mol. The van der Waals surface area contributed by atoms with Crippen LogP contribution in [0.5, 0.6) is 0 Å². The van der Waals surface area contributed by atoms with E-state index < -0.39 is 0 Å². The Morgan fingerprint density at radius 3 is 3.00 bits per heavy atom. The molecule has 2 rings (SSSR count). The summed E-state index contributed by atoms with van der Waals surface area (Å²) in [7, 11) is 0. The molecule has 0 unspecified atom stereocenters. The maximum absolute atomic E-state index is 4.37. The fourth-order valence-electron chi connectivity index (χ4n) is 1.71. The summed E-state index contributed by atoms with van der Waals surface area (Å²) in [6.07, 6.45) is 5.91. The zero-order valence-corrected chi connectivity index (χ0v) is 10.0. The monoisotopic (exact) mass is 257 g/mol. The summed E-state index contributed by atoms with van der Waals surface area (Å²) in [5.41, 5.74) is 0. The van der Waals surface area contributed by atoms with Gasteiger partial charge in [0.1, 0.15) is 10.4 Å². The van der Waals surface area contributed by atoms with E-state index in [1.54, 1.807) is 0 Å². The van der Waals surface area contributed by atoms with Crippen LogP contribution in [-0.4, -0.2) is 15.6 Å². The molecule has 0 aliphatic heterocycles. The first-order valence-corrected chi connectivity index (χ1v) is 6.04. The summed E-state index contributed by atoms with van der Waals surface area (Å²) in [5.74, 6) is 1.13. The van der Waals surface area contributed by atoms with Crippen molar-refractivity contribution in [3.05, 3.63) is 16.6 Å². The third-order valence-corrected chi connectivity index (χ3v) is 3.49. The molecule has 1 aromatic heterocycles. The van der Waals surface area contributed by atoms with Gasteiger partial charge in [-0.15, -0.1) is 0 Å². The first-order valence-electron chi connectivity index (χ1n) is 5.24. The lowest BCUT2D eigenvalue weighted by molar-refractivity contribution is 0.333. The molecule has 1 aliphatic carbocycles. The zero-order valence-electron chi connectivity index (χ0n) is 8.46. The minimum absolute atomic E-state index is 0.732. The molecular formula is C10H16BrN3. The normalized spacial score (nSPS) is 17.0. The summed E-state index contributed by atoms with van der Waals surface area (Å²) >= 11 is 3.49. The van der Waals surface area contributed by atoms with E-state index in [2.05, 4.69) is 37.7 Å². The maximum atomic E-state index is 4.37. The first-order chi connectivity index (χ1) is 6.81. The molecule has 14 heavy (non-hydrogen) atoms. The molecule has 1 fully saturated rings. The van der Waals surface area contributed by atoms with Gasteiger partial charge in [0.2, 0.25) is 0 Å². The van der Waals surface area contributed by atoms with Crippen LogP contribution in [0, 0.1) is 0 Å². The number of rotatable bonds is 4. The quantitative estimate of drug-likeness (QED) is 0.898. The highest BCUT2D eigenvalue weighted by Gasteiger charge is 2.17. The molecule has 0 bridgehead atoms. The Morgan fingerprint density at radius 2 is 2.43 bits per heavy atom. The lowest BCUT2D eigenvalue weighted by Gasteiger charge is -2.26. The highest BCUT2D eigenvalue weighted by molar-refractivity contribution is 9.10. The summed E-state index contributed by atoms with van der Waals surface area (Å²) in [6, 6.07) is 0.732. The van der Waals surface area contributed by atoms with Crippen molar-refractivity contribution in [1.29, 1.82) is 0 Å². The first kappa shape index (κ1) is 10.2. The SMILES string of the molecule is CCn1c(Br)cnc1CNC1CCC1. The molecule has 1 aromatic rings. The molecule has 0 aromatic carbocycles. The molecule has 1 saturated carbocycles. The van der Waals surface area contributed by atoms with E-state index in [-0.39, 0.29) is 0 Å². The van der Waals surface area contributed by atoms with Crippen molar-refractivity contribution in [2.45, 2.75) is 45.3 Å². The van der Waals surface area contributed by atoms with Gasteiger partial charge in [0.25, 0.3) is 0 Å². The van der Waals surface area contributed by atoms with E-state index >= 15 is 0 Å². The molecule has 0 atom stereocenters. The Balaban J connectivity index is 1.93. The standard InChI is InChI=1S/C10H16BrN3/c1-2-14-9(11)6-13-10(14)7-12-8-4-3-5-8/h6,8,12H,2-5,7H2,1H3. The van der Waals surface area contributed by atoms with Crippen LogP contribution in [0.3, 0.4) is 0 Å². The Morgan fingerprint density at radius 1 is 1.64 bits per heavy atom. The van der Waals surface area contributed by atoms with E-state index in [1.165, 1.54) is 19.3 Å². The van der Waals surface area contributed by atoms with Gasteiger partial charge in [0.05, 0.1) is 12.7 Å². The van der Waals surface area contributed by atoms with Crippen molar-refractivity contribution in [1.82, 2.24) is 14.9 Å². The largest absolute Gasteiger partial charge is 0.322 e. The van der Waals surface area contributed by atoms with E-state index in [1.807, 2.05) is 6.20 Å². The zero-order chi connectivity index (χ0) is 9.97. The number of imidazole rings is 1. The van der Waals surface area contributed by atoms with Crippen molar-refractivity contribution < 1.29 is 0 Å². The fraction of sp³-hybridized carbons (Fsp3) is 0.700. The van der Waals surface area contributed by atoms with Crippen LogP contribution in [0.1, 0.15) is 32.0 Å². The average Bonchev–Trinajstić information content (AvgIpc) is 2.44. The predicted molar refractivity (Wildman–Crippen MR) is 60.1 cm³/mol. The second kappa shape index (κ2) is 4.45. The minimum Gasteiger partial charge on any atom is -0.322 e. The molecule has 0 amide bonds. The van der Waals surface area contributed by atoms with Crippen LogP contribution in [0.4, 0.5) is 0 Å². The van der Waals surface area contributed by atoms with Gasteiger partial charge in [0, 0.05) is 12.6 Å². The number of hydrogen-bond donors (Lipinski definition) is 1. The van der Waals surface area contributed by atoms with Gasteiger partial charge in [-0.2, -0.15) is 0 Å². The summed E-state index contributed by atoms with van der Waals surface area (Å²) < 4.78 is 3.26. The molecule has 1 N–H and O–H groups in total. The van der Waals surface area contributed by atoms with E-state index in [0.717, 1.165) is 29.6 Å².